The van der Waals surface area contributed by atoms with Crippen molar-refractivity contribution in [2.45, 2.75) is 13.0 Å². The zero-order valence-electron chi connectivity index (χ0n) is 12.7. The Bertz CT molecular complexity index is 937. The maximum atomic E-state index is 13.0. The summed E-state index contributed by atoms with van der Waals surface area (Å²) in [7, 11) is 1.53. The fourth-order valence-corrected chi connectivity index (χ4v) is 2.65. The van der Waals surface area contributed by atoms with E-state index in [-0.39, 0.29) is 5.56 Å². The number of hydrogen-bond acceptors (Lipinski definition) is 5. The van der Waals surface area contributed by atoms with Gasteiger partial charge in [0.1, 0.15) is 11.6 Å². The molecule has 0 radical (unpaired) electrons. The molecule has 0 spiro atoms. The SMILES string of the molecule is COc1cncc(-n2c([C@H](C)N)nc3cccc(Cl)c3c2=O)c1. The number of aromatic nitrogens is 3. The summed E-state index contributed by atoms with van der Waals surface area (Å²) in [5, 5.41) is 0.696. The van der Waals surface area contributed by atoms with Crippen LogP contribution in [0.3, 0.4) is 0 Å². The summed E-state index contributed by atoms with van der Waals surface area (Å²) in [6.07, 6.45) is 3.11. The molecular formula is C16H15ClN4O2. The van der Waals surface area contributed by atoms with Crippen LogP contribution in [-0.4, -0.2) is 21.6 Å². The van der Waals surface area contributed by atoms with Crippen molar-refractivity contribution < 1.29 is 4.74 Å². The van der Waals surface area contributed by atoms with Crippen LogP contribution < -0.4 is 16.0 Å². The molecule has 3 rings (SSSR count). The van der Waals surface area contributed by atoms with Gasteiger partial charge in [-0.05, 0) is 19.1 Å². The van der Waals surface area contributed by atoms with Crippen molar-refractivity contribution in [2.75, 3.05) is 7.11 Å². The number of nitrogens with two attached hydrogens (primary N) is 1. The van der Waals surface area contributed by atoms with Gasteiger partial charge in [-0.1, -0.05) is 17.7 Å². The number of benzene rings is 1. The van der Waals surface area contributed by atoms with E-state index in [0.29, 0.717) is 33.2 Å². The maximum Gasteiger partial charge on any atom is 0.267 e. The van der Waals surface area contributed by atoms with Gasteiger partial charge in [-0.25, -0.2) is 4.98 Å². The number of nitrogens with zero attached hydrogens (tertiary/aromatic N) is 3. The van der Waals surface area contributed by atoms with E-state index in [1.54, 1.807) is 43.6 Å². The molecule has 0 aliphatic heterocycles. The highest BCUT2D eigenvalue weighted by atomic mass is 35.5. The zero-order valence-corrected chi connectivity index (χ0v) is 13.4. The molecule has 1 aromatic carbocycles. The van der Waals surface area contributed by atoms with Crippen molar-refractivity contribution in [3.05, 3.63) is 57.9 Å². The maximum absolute atomic E-state index is 13.0. The highest BCUT2D eigenvalue weighted by Crippen LogP contribution is 2.23. The molecule has 2 aromatic heterocycles. The molecule has 118 valence electrons. The van der Waals surface area contributed by atoms with Crippen LogP contribution >= 0.6 is 11.6 Å². The predicted octanol–water partition coefficient (Wildman–Crippen LogP) is 2.46. The zero-order chi connectivity index (χ0) is 16.6. The van der Waals surface area contributed by atoms with E-state index in [9.17, 15) is 4.79 Å². The lowest BCUT2D eigenvalue weighted by Crippen LogP contribution is -2.27. The molecule has 2 heterocycles. The number of ether oxygens (including phenoxy) is 1. The van der Waals surface area contributed by atoms with E-state index >= 15 is 0 Å². The lowest BCUT2D eigenvalue weighted by atomic mass is 10.2. The Balaban J connectivity index is 2.42. The van der Waals surface area contributed by atoms with Crippen LogP contribution in [0, 0.1) is 0 Å². The molecule has 2 N–H and O–H groups in total. The van der Waals surface area contributed by atoms with Gasteiger partial charge in [0.15, 0.2) is 0 Å². The quantitative estimate of drug-likeness (QED) is 0.797. The summed E-state index contributed by atoms with van der Waals surface area (Å²) in [6.45, 7) is 1.77. The van der Waals surface area contributed by atoms with Crippen molar-refractivity contribution >= 4 is 22.5 Å². The minimum atomic E-state index is -0.447. The molecule has 0 aliphatic carbocycles. The van der Waals surface area contributed by atoms with E-state index in [4.69, 9.17) is 22.1 Å². The van der Waals surface area contributed by atoms with E-state index in [1.165, 1.54) is 11.7 Å². The monoisotopic (exact) mass is 330 g/mol. The molecule has 3 aromatic rings. The summed E-state index contributed by atoms with van der Waals surface area (Å²) in [5.74, 6) is 0.962. The molecule has 0 unspecified atom stereocenters. The third kappa shape index (κ3) is 2.67. The highest BCUT2D eigenvalue weighted by molar-refractivity contribution is 6.35. The lowest BCUT2D eigenvalue weighted by Gasteiger charge is -2.16. The molecule has 7 heteroatoms. The largest absolute Gasteiger partial charge is 0.495 e. The van der Waals surface area contributed by atoms with Crippen molar-refractivity contribution in [3.8, 4) is 11.4 Å². The van der Waals surface area contributed by atoms with Gasteiger partial charge < -0.3 is 10.5 Å². The number of rotatable bonds is 3. The first kappa shape index (κ1) is 15.5. The molecule has 6 nitrogen and oxygen atoms in total. The van der Waals surface area contributed by atoms with Gasteiger partial charge in [0.05, 0.1) is 47.2 Å². The van der Waals surface area contributed by atoms with Gasteiger partial charge in [-0.3, -0.25) is 14.3 Å². The van der Waals surface area contributed by atoms with Crippen molar-refractivity contribution in [2.24, 2.45) is 5.73 Å². The summed E-state index contributed by atoms with van der Waals surface area (Å²) >= 11 is 6.19. The van der Waals surface area contributed by atoms with E-state index in [1.807, 2.05) is 0 Å². The van der Waals surface area contributed by atoms with Crippen LogP contribution in [0.4, 0.5) is 0 Å². The van der Waals surface area contributed by atoms with E-state index in [0.717, 1.165) is 0 Å². The number of pyridine rings is 1. The second kappa shape index (κ2) is 5.98. The molecule has 1 atom stereocenters. The van der Waals surface area contributed by atoms with E-state index < -0.39 is 6.04 Å². The molecule has 0 bridgehead atoms. The summed E-state index contributed by atoms with van der Waals surface area (Å²) < 4.78 is 6.60. The molecule has 23 heavy (non-hydrogen) atoms. The van der Waals surface area contributed by atoms with Crippen LogP contribution in [0.2, 0.25) is 5.02 Å². The molecule has 0 aliphatic rings. The standard InChI is InChI=1S/C16H15ClN4O2/c1-9(18)15-20-13-5-3-4-12(17)14(13)16(22)21(15)10-6-11(23-2)8-19-7-10/h3-9H,18H2,1-2H3/t9-/m0/s1. The van der Waals surface area contributed by atoms with Crippen LogP contribution in [-0.2, 0) is 0 Å². The highest BCUT2D eigenvalue weighted by Gasteiger charge is 2.17. The fraction of sp³-hybridized carbons (Fsp3) is 0.188. The van der Waals surface area contributed by atoms with Crippen LogP contribution in [0.5, 0.6) is 5.75 Å². The Hall–Kier alpha value is -2.44. The molecular weight excluding hydrogens is 316 g/mol. The van der Waals surface area contributed by atoms with Gasteiger partial charge >= 0.3 is 0 Å². The van der Waals surface area contributed by atoms with Crippen molar-refractivity contribution in [1.29, 1.82) is 0 Å². The second-order valence-electron chi connectivity index (χ2n) is 5.12. The van der Waals surface area contributed by atoms with Crippen LogP contribution in [0.25, 0.3) is 16.6 Å². The minimum Gasteiger partial charge on any atom is -0.495 e. The average molecular weight is 331 g/mol. The van der Waals surface area contributed by atoms with Gasteiger partial charge in [-0.2, -0.15) is 0 Å². The predicted molar refractivity (Wildman–Crippen MR) is 89.3 cm³/mol. The van der Waals surface area contributed by atoms with Gasteiger partial charge in [-0.15, -0.1) is 0 Å². The Morgan fingerprint density at radius 1 is 1.35 bits per heavy atom. The number of fused-ring (bicyclic) bond motifs is 1. The number of methoxy groups -OCH3 is 1. The van der Waals surface area contributed by atoms with Crippen molar-refractivity contribution in [1.82, 2.24) is 14.5 Å². The van der Waals surface area contributed by atoms with Gasteiger partial charge in [0.2, 0.25) is 0 Å². The van der Waals surface area contributed by atoms with E-state index in [2.05, 4.69) is 9.97 Å². The molecule has 0 fully saturated rings. The Kier molecular flexibility index (Phi) is 4.02. The summed E-state index contributed by atoms with van der Waals surface area (Å²) in [5.41, 5.74) is 6.76. The summed E-state index contributed by atoms with van der Waals surface area (Å²) in [6, 6.07) is 6.40. The first-order valence-electron chi connectivity index (χ1n) is 6.99. The minimum absolute atomic E-state index is 0.289. The van der Waals surface area contributed by atoms with Crippen molar-refractivity contribution in [3.63, 3.8) is 0 Å². The summed E-state index contributed by atoms with van der Waals surface area (Å²) in [4.78, 5) is 21.6. The van der Waals surface area contributed by atoms with Crippen LogP contribution in [0.15, 0.2) is 41.5 Å². The normalized spacial score (nSPS) is 12.3. The van der Waals surface area contributed by atoms with Crippen LogP contribution in [0.1, 0.15) is 18.8 Å². The average Bonchev–Trinajstić information content (AvgIpc) is 2.54. The number of hydrogen-bond donors (Lipinski definition) is 1. The number of halogens is 1. The smallest absolute Gasteiger partial charge is 0.267 e. The van der Waals surface area contributed by atoms with Gasteiger partial charge in [0, 0.05) is 6.07 Å². The Morgan fingerprint density at radius 3 is 2.83 bits per heavy atom. The topological polar surface area (TPSA) is 83.0 Å². The molecule has 0 amide bonds. The first-order chi connectivity index (χ1) is 11.0. The Morgan fingerprint density at radius 2 is 2.13 bits per heavy atom. The lowest BCUT2D eigenvalue weighted by molar-refractivity contribution is 0.412. The molecule has 0 saturated heterocycles. The Labute approximate surface area is 137 Å². The third-order valence-electron chi connectivity index (χ3n) is 3.47. The molecule has 0 saturated carbocycles. The second-order valence-corrected chi connectivity index (χ2v) is 5.52. The third-order valence-corrected chi connectivity index (χ3v) is 3.79. The first-order valence-corrected chi connectivity index (χ1v) is 7.37. The van der Waals surface area contributed by atoms with Gasteiger partial charge in [0.25, 0.3) is 5.56 Å². The fourth-order valence-electron chi connectivity index (χ4n) is 2.40.